The van der Waals surface area contributed by atoms with E-state index in [0.717, 1.165) is 35.3 Å². The lowest BCUT2D eigenvalue weighted by atomic mass is 10.0. The molecule has 0 saturated carbocycles. The van der Waals surface area contributed by atoms with Gasteiger partial charge in [-0.1, -0.05) is 37.6 Å². The molecule has 4 rings (SSSR count). The number of benzene rings is 2. The van der Waals surface area contributed by atoms with Gasteiger partial charge in [-0.2, -0.15) is 0 Å². The molecule has 148 valence electrons. The summed E-state index contributed by atoms with van der Waals surface area (Å²) >= 11 is 0. The first-order chi connectivity index (χ1) is 14.2. The highest BCUT2D eigenvalue weighted by molar-refractivity contribution is 6.04. The van der Waals surface area contributed by atoms with Crippen molar-refractivity contribution in [1.29, 1.82) is 0 Å². The molecule has 5 nitrogen and oxygen atoms in total. The van der Waals surface area contributed by atoms with E-state index in [1.807, 2.05) is 42.5 Å². The lowest BCUT2D eigenvalue weighted by molar-refractivity contribution is 0.256. The second-order valence-corrected chi connectivity index (χ2v) is 6.93. The number of fused-ring (bicyclic) bond motifs is 1. The van der Waals surface area contributed by atoms with Crippen LogP contribution in [0.15, 0.2) is 60.8 Å². The van der Waals surface area contributed by atoms with Crippen molar-refractivity contribution in [2.45, 2.75) is 32.9 Å². The highest BCUT2D eigenvalue weighted by Crippen LogP contribution is 2.33. The summed E-state index contributed by atoms with van der Waals surface area (Å²) in [6.45, 7) is 2.61. The minimum Gasteiger partial charge on any atom is -0.487 e. The van der Waals surface area contributed by atoms with Crippen molar-refractivity contribution in [2.24, 2.45) is 0 Å². The number of para-hydroxylation sites is 1. The summed E-state index contributed by atoms with van der Waals surface area (Å²) in [4.78, 5) is 18.5. The number of nitrogens with one attached hydrogen (secondary N) is 1. The van der Waals surface area contributed by atoms with Gasteiger partial charge in [0.25, 0.3) is 0 Å². The van der Waals surface area contributed by atoms with Gasteiger partial charge >= 0.3 is 6.03 Å². The van der Waals surface area contributed by atoms with Crippen LogP contribution in [-0.2, 0) is 19.6 Å². The molecule has 2 heterocycles. The van der Waals surface area contributed by atoms with Crippen molar-refractivity contribution in [3.8, 4) is 5.75 Å². The number of carbonyl (C=O) groups is 1. The Hall–Kier alpha value is -3.41. The van der Waals surface area contributed by atoms with E-state index in [-0.39, 0.29) is 18.3 Å². The zero-order chi connectivity index (χ0) is 20.2. The molecule has 0 aliphatic carbocycles. The van der Waals surface area contributed by atoms with Crippen LogP contribution in [0.25, 0.3) is 0 Å². The number of aromatic nitrogens is 1. The number of halogens is 1. The summed E-state index contributed by atoms with van der Waals surface area (Å²) in [6.07, 6.45) is 3.33. The Balaban J connectivity index is 1.62. The van der Waals surface area contributed by atoms with Crippen molar-refractivity contribution in [1.82, 2.24) is 4.98 Å². The number of pyridine rings is 1. The standard InChI is InChI=1S/C23H22FN3O2/c1-2-6-16-10-11-18(29-15-21-19(24)8-5-12-25-21)13-22(16)27-14-17-7-3-4-9-20(17)26-23(27)28/h3-5,7-13H,2,6,14-15H2,1H3,(H,26,28). The molecule has 1 aromatic heterocycles. The van der Waals surface area contributed by atoms with Crippen LogP contribution in [0.5, 0.6) is 5.75 Å². The van der Waals surface area contributed by atoms with Crippen LogP contribution in [0.1, 0.15) is 30.2 Å². The zero-order valence-corrected chi connectivity index (χ0v) is 16.2. The Morgan fingerprint density at radius 1 is 1.17 bits per heavy atom. The van der Waals surface area contributed by atoms with Gasteiger partial charge in [0.05, 0.1) is 12.2 Å². The van der Waals surface area contributed by atoms with Crippen molar-refractivity contribution >= 4 is 17.4 Å². The van der Waals surface area contributed by atoms with Gasteiger partial charge in [-0.3, -0.25) is 9.88 Å². The van der Waals surface area contributed by atoms with Crippen molar-refractivity contribution < 1.29 is 13.9 Å². The van der Waals surface area contributed by atoms with Crippen LogP contribution in [0.3, 0.4) is 0 Å². The number of anilines is 2. The van der Waals surface area contributed by atoms with Gasteiger partial charge in [0.1, 0.15) is 23.9 Å². The van der Waals surface area contributed by atoms with Crippen LogP contribution in [0.4, 0.5) is 20.6 Å². The Bertz CT molecular complexity index is 1040. The fourth-order valence-corrected chi connectivity index (χ4v) is 3.44. The van der Waals surface area contributed by atoms with Gasteiger partial charge in [0.15, 0.2) is 0 Å². The normalized spacial score (nSPS) is 13.0. The maximum Gasteiger partial charge on any atom is 0.326 e. The number of rotatable bonds is 6. The van der Waals surface area contributed by atoms with Crippen LogP contribution in [0, 0.1) is 5.82 Å². The van der Waals surface area contributed by atoms with Gasteiger partial charge in [-0.15, -0.1) is 0 Å². The highest BCUT2D eigenvalue weighted by Gasteiger charge is 2.25. The summed E-state index contributed by atoms with van der Waals surface area (Å²) in [5, 5.41) is 2.95. The monoisotopic (exact) mass is 391 g/mol. The van der Waals surface area contributed by atoms with E-state index >= 15 is 0 Å². The highest BCUT2D eigenvalue weighted by atomic mass is 19.1. The van der Waals surface area contributed by atoms with E-state index in [1.165, 1.54) is 12.3 Å². The van der Waals surface area contributed by atoms with Crippen LogP contribution in [-0.4, -0.2) is 11.0 Å². The molecule has 1 aliphatic heterocycles. The van der Waals surface area contributed by atoms with E-state index < -0.39 is 5.82 Å². The van der Waals surface area contributed by atoms with Crippen molar-refractivity contribution in [3.63, 3.8) is 0 Å². The molecule has 0 unspecified atom stereocenters. The molecule has 0 radical (unpaired) electrons. The van der Waals surface area contributed by atoms with Crippen LogP contribution >= 0.6 is 0 Å². The fourth-order valence-electron chi connectivity index (χ4n) is 3.44. The number of hydrogen-bond acceptors (Lipinski definition) is 3. The number of amides is 2. The van der Waals surface area contributed by atoms with Crippen LogP contribution in [0.2, 0.25) is 0 Å². The number of urea groups is 1. The van der Waals surface area contributed by atoms with E-state index in [0.29, 0.717) is 12.3 Å². The van der Waals surface area contributed by atoms with Crippen molar-refractivity contribution in [2.75, 3.05) is 10.2 Å². The maximum absolute atomic E-state index is 13.8. The lowest BCUT2D eigenvalue weighted by Crippen LogP contribution is -2.39. The molecule has 1 aliphatic rings. The Labute approximate surface area is 169 Å². The minimum absolute atomic E-state index is 0.0221. The van der Waals surface area contributed by atoms with Crippen LogP contribution < -0.4 is 15.0 Å². The third-order valence-corrected chi connectivity index (χ3v) is 4.91. The maximum atomic E-state index is 13.8. The van der Waals surface area contributed by atoms with Gasteiger partial charge in [0.2, 0.25) is 0 Å². The smallest absolute Gasteiger partial charge is 0.326 e. The predicted molar refractivity (Wildman–Crippen MR) is 111 cm³/mol. The lowest BCUT2D eigenvalue weighted by Gasteiger charge is -2.31. The molecule has 3 aromatic rings. The topological polar surface area (TPSA) is 54.5 Å². The molecule has 29 heavy (non-hydrogen) atoms. The van der Waals surface area contributed by atoms with Gasteiger partial charge in [0, 0.05) is 18.0 Å². The average Bonchev–Trinajstić information content (AvgIpc) is 2.74. The summed E-state index contributed by atoms with van der Waals surface area (Å²) in [7, 11) is 0. The molecule has 6 heteroatoms. The number of hydrogen-bond donors (Lipinski definition) is 1. The minimum atomic E-state index is -0.401. The molecule has 0 fully saturated rings. The third-order valence-electron chi connectivity index (χ3n) is 4.91. The number of nitrogens with zero attached hydrogens (tertiary/aromatic N) is 2. The molecule has 1 N–H and O–H groups in total. The second kappa shape index (κ2) is 8.31. The molecule has 0 saturated heterocycles. The molecular formula is C23H22FN3O2. The first-order valence-electron chi connectivity index (χ1n) is 9.67. The van der Waals surface area contributed by atoms with Gasteiger partial charge in [-0.25, -0.2) is 9.18 Å². The number of carbonyl (C=O) groups excluding carboxylic acids is 1. The molecule has 2 amide bonds. The molecule has 0 spiro atoms. The van der Waals surface area contributed by atoms with E-state index in [2.05, 4.69) is 17.2 Å². The van der Waals surface area contributed by atoms with Gasteiger partial charge < -0.3 is 10.1 Å². The van der Waals surface area contributed by atoms with E-state index in [4.69, 9.17) is 4.74 Å². The number of ether oxygens (including phenoxy) is 1. The van der Waals surface area contributed by atoms with E-state index in [9.17, 15) is 9.18 Å². The predicted octanol–water partition coefficient (Wildman–Crippen LogP) is 5.30. The molecule has 0 bridgehead atoms. The summed E-state index contributed by atoms with van der Waals surface area (Å²) in [6, 6.07) is 16.2. The quantitative estimate of drug-likeness (QED) is 0.620. The van der Waals surface area contributed by atoms with Crippen molar-refractivity contribution in [3.05, 3.63) is 83.4 Å². The Kier molecular flexibility index (Phi) is 5.42. The number of aryl methyl sites for hydroxylation is 1. The summed E-state index contributed by atoms with van der Waals surface area (Å²) in [5.41, 5.74) is 4.01. The summed E-state index contributed by atoms with van der Waals surface area (Å²) in [5.74, 6) is 0.166. The SMILES string of the molecule is CCCc1ccc(OCc2ncccc2F)cc1N1Cc2ccccc2NC1=O. The van der Waals surface area contributed by atoms with E-state index in [1.54, 1.807) is 11.0 Å². The summed E-state index contributed by atoms with van der Waals surface area (Å²) < 4.78 is 19.6. The third kappa shape index (κ3) is 4.06. The Morgan fingerprint density at radius 2 is 2.03 bits per heavy atom. The largest absolute Gasteiger partial charge is 0.487 e. The molecule has 0 atom stereocenters. The first kappa shape index (κ1) is 18.9. The first-order valence-corrected chi connectivity index (χ1v) is 9.67. The zero-order valence-electron chi connectivity index (χ0n) is 16.2. The molecular weight excluding hydrogens is 369 g/mol. The average molecular weight is 391 g/mol. The second-order valence-electron chi connectivity index (χ2n) is 6.93. The van der Waals surface area contributed by atoms with Gasteiger partial charge in [-0.05, 0) is 41.8 Å². The fraction of sp³-hybridized carbons (Fsp3) is 0.217. The Morgan fingerprint density at radius 3 is 2.86 bits per heavy atom. The molecule has 2 aromatic carbocycles.